The van der Waals surface area contributed by atoms with Crippen molar-refractivity contribution in [1.29, 1.82) is 0 Å². The first-order valence-electron chi connectivity index (χ1n) is 8.29. The van der Waals surface area contributed by atoms with Gasteiger partial charge in [-0.2, -0.15) is 0 Å². The zero-order valence-corrected chi connectivity index (χ0v) is 15.4. The molecule has 0 heterocycles. The van der Waals surface area contributed by atoms with E-state index in [0.29, 0.717) is 18.7 Å². The third-order valence-corrected chi connectivity index (χ3v) is 3.63. The van der Waals surface area contributed by atoms with Crippen molar-refractivity contribution in [3.05, 3.63) is 23.8 Å². The number of amides is 2. The number of hydrogen-bond acceptors (Lipinski definition) is 4. The van der Waals surface area contributed by atoms with Crippen LogP contribution < -0.4 is 10.2 Å². The minimum Gasteiger partial charge on any atom is -0.377 e. The van der Waals surface area contributed by atoms with Crippen LogP contribution >= 0.6 is 0 Å². The van der Waals surface area contributed by atoms with Gasteiger partial charge >= 0.3 is 0 Å². The number of nitrogens with one attached hydrogen (secondary N) is 1. The summed E-state index contributed by atoms with van der Waals surface area (Å²) in [4.78, 5) is 27.7. The number of benzene rings is 1. The minimum absolute atomic E-state index is 0.0149. The number of carbonyl (C=O) groups is 2. The van der Waals surface area contributed by atoms with Crippen molar-refractivity contribution in [1.82, 2.24) is 4.90 Å². The summed E-state index contributed by atoms with van der Waals surface area (Å²) in [6, 6.07) is 5.74. The van der Waals surface area contributed by atoms with Crippen LogP contribution in [-0.4, -0.2) is 51.1 Å². The van der Waals surface area contributed by atoms with E-state index in [2.05, 4.69) is 12.2 Å². The highest BCUT2D eigenvalue weighted by molar-refractivity contribution is 5.92. The summed E-state index contributed by atoms with van der Waals surface area (Å²) in [6.07, 6.45) is 1.40. The molecule has 0 aliphatic heterocycles. The summed E-state index contributed by atoms with van der Waals surface area (Å²) in [5.41, 5.74) is 2.74. The molecule has 2 amide bonds. The number of methoxy groups -OCH3 is 1. The lowest BCUT2D eigenvalue weighted by Gasteiger charge is -2.25. The quantitative estimate of drug-likeness (QED) is 0.753. The van der Waals surface area contributed by atoms with Crippen molar-refractivity contribution in [3.63, 3.8) is 0 Å². The second-order valence-electron chi connectivity index (χ2n) is 5.89. The average Bonchev–Trinajstić information content (AvgIpc) is 2.53. The number of carbonyl (C=O) groups excluding carboxylic acids is 2. The fourth-order valence-corrected chi connectivity index (χ4v) is 2.55. The van der Waals surface area contributed by atoms with Crippen LogP contribution in [0.4, 0.5) is 11.4 Å². The summed E-state index contributed by atoms with van der Waals surface area (Å²) in [7, 11) is 5.42. The van der Waals surface area contributed by atoms with E-state index in [-0.39, 0.29) is 18.4 Å². The molecule has 0 unspecified atom stereocenters. The lowest BCUT2D eigenvalue weighted by molar-refractivity contribution is -0.131. The molecule has 1 N–H and O–H groups in total. The smallest absolute Gasteiger partial charge is 0.250 e. The molecule has 0 aromatic heterocycles. The molecule has 0 saturated carbocycles. The molecule has 0 spiro atoms. The molecule has 0 fully saturated rings. The molecule has 1 aromatic carbocycles. The Morgan fingerprint density at radius 3 is 2.46 bits per heavy atom. The van der Waals surface area contributed by atoms with Crippen LogP contribution in [-0.2, 0) is 20.9 Å². The Bertz CT molecular complexity index is 558. The molecule has 6 nitrogen and oxygen atoms in total. The topological polar surface area (TPSA) is 61.9 Å². The molecule has 0 aliphatic rings. The largest absolute Gasteiger partial charge is 0.377 e. The van der Waals surface area contributed by atoms with Crippen LogP contribution in [0.3, 0.4) is 0 Å². The molecule has 0 radical (unpaired) electrons. The molecule has 0 aliphatic carbocycles. The van der Waals surface area contributed by atoms with Gasteiger partial charge in [-0.15, -0.1) is 0 Å². The molecule has 0 saturated heterocycles. The molecule has 134 valence electrons. The molecule has 0 bridgehead atoms. The molecule has 6 heteroatoms. The van der Waals surface area contributed by atoms with Crippen LogP contribution in [0.15, 0.2) is 18.2 Å². The van der Waals surface area contributed by atoms with E-state index in [1.54, 1.807) is 0 Å². The van der Waals surface area contributed by atoms with Gasteiger partial charge in [0, 0.05) is 52.1 Å². The number of hydrogen-bond donors (Lipinski definition) is 1. The van der Waals surface area contributed by atoms with Crippen LogP contribution in [0.25, 0.3) is 0 Å². The molecular weight excluding hydrogens is 306 g/mol. The maximum absolute atomic E-state index is 12.2. The predicted octanol–water partition coefficient (Wildman–Crippen LogP) is 2.49. The third kappa shape index (κ3) is 5.85. The third-order valence-electron chi connectivity index (χ3n) is 3.63. The summed E-state index contributed by atoms with van der Waals surface area (Å²) in [6.45, 7) is 5.20. The zero-order valence-electron chi connectivity index (χ0n) is 15.4. The van der Waals surface area contributed by atoms with Gasteiger partial charge in [-0.25, -0.2) is 0 Å². The summed E-state index contributed by atoms with van der Waals surface area (Å²) >= 11 is 0. The van der Waals surface area contributed by atoms with E-state index in [4.69, 9.17) is 4.74 Å². The molecular formula is C18H29N3O3. The highest BCUT2D eigenvalue weighted by Gasteiger charge is 2.15. The van der Waals surface area contributed by atoms with Crippen molar-refractivity contribution < 1.29 is 14.3 Å². The Balaban J connectivity index is 3.07. The first-order chi connectivity index (χ1) is 11.4. The van der Waals surface area contributed by atoms with Gasteiger partial charge in [-0.1, -0.05) is 13.8 Å². The maximum Gasteiger partial charge on any atom is 0.250 e. The number of ether oxygens (including phenoxy) is 1. The Hall–Kier alpha value is -2.08. The number of rotatable bonds is 9. The normalized spacial score (nSPS) is 10.4. The lowest BCUT2D eigenvalue weighted by atomic mass is 10.1. The van der Waals surface area contributed by atoms with Gasteiger partial charge in [0.1, 0.15) is 6.61 Å². The van der Waals surface area contributed by atoms with Crippen LogP contribution in [0.2, 0.25) is 0 Å². The minimum atomic E-state index is -0.198. The predicted molar refractivity (Wildman–Crippen MR) is 97.3 cm³/mol. The molecule has 1 aromatic rings. The van der Waals surface area contributed by atoms with Gasteiger partial charge in [0.05, 0.1) is 0 Å². The summed E-state index contributed by atoms with van der Waals surface area (Å²) < 4.78 is 4.84. The van der Waals surface area contributed by atoms with Crippen molar-refractivity contribution in [3.8, 4) is 0 Å². The Labute approximate surface area is 144 Å². The van der Waals surface area contributed by atoms with Crippen LogP contribution in [0, 0.1) is 0 Å². The van der Waals surface area contributed by atoms with E-state index < -0.39 is 0 Å². The second kappa shape index (κ2) is 9.93. The van der Waals surface area contributed by atoms with Gasteiger partial charge < -0.3 is 19.9 Å². The Kier molecular flexibility index (Phi) is 8.26. The molecule has 1 rings (SSSR count). The van der Waals surface area contributed by atoms with Gasteiger partial charge in [-0.3, -0.25) is 9.59 Å². The van der Waals surface area contributed by atoms with E-state index in [9.17, 15) is 9.59 Å². The SMILES string of the molecule is CCCN(Cc1cc(NC(=O)COC)ccc1N(C)C)C(=O)CC. The van der Waals surface area contributed by atoms with Crippen molar-refractivity contribution >= 4 is 23.2 Å². The molecule has 24 heavy (non-hydrogen) atoms. The zero-order chi connectivity index (χ0) is 18.1. The van der Waals surface area contributed by atoms with Crippen LogP contribution in [0.5, 0.6) is 0 Å². The standard InChI is InChI=1S/C18H29N3O3/c1-6-10-21(18(23)7-2)12-14-11-15(19-17(22)13-24-5)8-9-16(14)20(3)4/h8-9,11H,6-7,10,12-13H2,1-5H3,(H,19,22). The van der Waals surface area contributed by atoms with Gasteiger partial charge in [0.15, 0.2) is 0 Å². The monoisotopic (exact) mass is 335 g/mol. The number of nitrogens with zero attached hydrogens (tertiary/aromatic N) is 2. The van der Waals surface area contributed by atoms with Gasteiger partial charge in [-0.05, 0) is 30.2 Å². The van der Waals surface area contributed by atoms with E-state index >= 15 is 0 Å². The van der Waals surface area contributed by atoms with E-state index in [1.165, 1.54) is 7.11 Å². The summed E-state index contributed by atoms with van der Waals surface area (Å²) in [5, 5.41) is 2.81. The highest BCUT2D eigenvalue weighted by Crippen LogP contribution is 2.25. The first kappa shape index (κ1) is 20.0. The maximum atomic E-state index is 12.2. The van der Waals surface area contributed by atoms with Crippen molar-refractivity contribution in [2.45, 2.75) is 33.2 Å². The fourth-order valence-electron chi connectivity index (χ4n) is 2.55. The lowest BCUT2D eigenvalue weighted by Crippen LogP contribution is -2.31. The fraction of sp³-hybridized carbons (Fsp3) is 0.556. The van der Waals surface area contributed by atoms with Gasteiger partial charge in [0.2, 0.25) is 11.8 Å². The van der Waals surface area contributed by atoms with Crippen LogP contribution in [0.1, 0.15) is 32.3 Å². The number of anilines is 2. The van der Waals surface area contributed by atoms with E-state index in [1.807, 2.05) is 49.0 Å². The summed E-state index contributed by atoms with van der Waals surface area (Å²) in [5.74, 6) is -0.0634. The Morgan fingerprint density at radius 2 is 1.92 bits per heavy atom. The van der Waals surface area contributed by atoms with E-state index in [0.717, 1.165) is 24.2 Å². The molecule has 0 atom stereocenters. The van der Waals surface area contributed by atoms with Crippen molar-refractivity contribution in [2.24, 2.45) is 0 Å². The first-order valence-corrected chi connectivity index (χ1v) is 8.29. The Morgan fingerprint density at radius 1 is 1.21 bits per heavy atom. The van der Waals surface area contributed by atoms with Gasteiger partial charge in [0.25, 0.3) is 0 Å². The second-order valence-corrected chi connectivity index (χ2v) is 5.89. The van der Waals surface area contributed by atoms with Crippen molar-refractivity contribution in [2.75, 3.05) is 44.6 Å². The average molecular weight is 335 g/mol. The highest BCUT2D eigenvalue weighted by atomic mass is 16.5.